The molecule has 0 bridgehead atoms. The zero-order valence-corrected chi connectivity index (χ0v) is 14.3. The molecule has 2 aromatic heterocycles. The summed E-state index contributed by atoms with van der Waals surface area (Å²) in [6.07, 6.45) is 2.13. The Kier molecular flexibility index (Phi) is 3.71. The lowest BCUT2D eigenvalue weighted by Crippen LogP contribution is -2.32. The van der Waals surface area contributed by atoms with Gasteiger partial charge in [-0.2, -0.15) is 0 Å². The van der Waals surface area contributed by atoms with Crippen LogP contribution < -0.4 is 10.9 Å². The summed E-state index contributed by atoms with van der Waals surface area (Å²) < 4.78 is 0. The largest absolute Gasteiger partial charge is 0.350 e. The number of aromatic nitrogens is 2. The Labute approximate surface area is 145 Å². The molecule has 1 fully saturated rings. The van der Waals surface area contributed by atoms with Gasteiger partial charge in [0.25, 0.3) is 5.91 Å². The van der Waals surface area contributed by atoms with Crippen LogP contribution in [0.5, 0.6) is 0 Å². The van der Waals surface area contributed by atoms with Gasteiger partial charge >= 0.3 is 0 Å². The smallest absolute Gasteiger partial charge is 0.268 e. The molecule has 1 aliphatic carbocycles. The van der Waals surface area contributed by atoms with Crippen LogP contribution in [-0.2, 0) is 0 Å². The molecule has 25 heavy (non-hydrogen) atoms. The van der Waals surface area contributed by atoms with E-state index in [2.05, 4.69) is 15.3 Å². The number of aryl methyl sites for hydroxylation is 2. The van der Waals surface area contributed by atoms with Crippen LogP contribution in [0.25, 0.3) is 10.9 Å². The number of amides is 1. The third-order valence-corrected chi connectivity index (χ3v) is 4.97. The summed E-state index contributed by atoms with van der Waals surface area (Å²) in [4.78, 5) is 30.7. The highest BCUT2D eigenvalue weighted by atomic mass is 16.2. The number of hydrogen-bond acceptors (Lipinski definition) is 2. The van der Waals surface area contributed by atoms with Crippen molar-refractivity contribution in [1.82, 2.24) is 15.3 Å². The molecule has 3 aromatic rings. The van der Waals surface area contributed by atoms with Gasteiger partial charge in [0.15, 0.2) is 0 Å². The number of H-pyrrole nitrogens is 2. The van der Waals surface area contributed by atoms with Crippen molar-refractivity contribution < 1.29 is 4.79 Å². The van der Waals surface area contributed by atoms with Crippen LogP contribution in [0.2, 0.25) is 0 Å². The van der Waals surface area contributed by atoms with E-state index in [1.165, 1.54) is 6.07 Å². The molecule has 5 heteroatoms. The molecule has 0 radical (unpaired) electrons. The highest BCUT2D eigenvalue weighted by molar-refractivity contribution is 5.98. The summed E-state index contributed by atoms with van der Waals surface area (Å²) in [5.74, 6) is 0.239. The maximum Gasteiger partial charge on any atom is 0.268 e. The maximum atomic E-state index is 12.8. The normalized spacial score (nSPS) is 15.3. The van der Waals surface area contributed by atoms with Gasteiger partial charge in [-0.3, -0.25) is 9.59 Å². The first kappa shape index (κ1) is 15.7. The average molecular weight is 335 g/mol. The molecule has 1 aromatic carbocycles. The highest BCUT2D eigenvalue weighted by Crippen LogP contribution is 2.41. The summed E-state index contributed by atoms with van der Waals surface area (Å²) in [7, 11) is 0. The fourth-order valence-corrected chi connectivity index (χ4v) is 3.39. The number of aromatic amines is 2. The number of pyridine rings is 1. The summed E-state index contributed by atoms with van der Waals surface area (Å²) in [5, 5.41) is 4.15. The fourth-order valence-electron chi connectivity index (χ4n) is 3.39. The van der Waals surface area contributed by atoms with Gasteiger partial charge in [-0.15, -0.1) is 0 Å². The number of carbonyl (C=O) groups excluding carboxylic acids is 1. The number of carbonyl (C=O) groups is 1. The van der Waals surface area contributed by atoms with E-state index in [1.807, 2.05) is 44.2 Å². The van der Waals surface area contributed by atoms with Gasteiger partial charge in [0.2, 0.25) is 5.56 Å². The van der Waals surface area contributed by atoms with Crippen LogP contribution in [0.1, 0.15) is 46.2 Å². The summed E-state index contributed by atoms with van der Waals surface area (Å²) in [5.41, 5.74) is 4.31. The molecule has 3 N–H and O–H groups in total. The van der Waals surface area contributed by atoms with Crippen LogP contribution >= 0.6 is 0 Å². The van der Waals surface area contributed by atoms with Crippen molar-refractivity contribution in [3.63, 3.8) is 0 Å². The Morgan fingerprint density at radius 3 is 2.64 bits per heavy atom. The molecule has 128 valence electrons. The number of rotatable bonds is 4. The van der Waals surface area contributed by atoms with Gasteiger partial charge in [0.05, 0.1) is 6.04 Å². The SMILES string of the molecule is Cc1ccc(=O)[nH]c1C(NC(=O)c1cc2cccc(C)c2[nH]1)C1CC1. The molecule has 1 unspecified atom stereocenters. The first-order valence-electron chi connectivity index (χ1n) is 8.62. The summed E-state index contributed by atoms with van der Waals surface area (Å²) in [6, 6.07) is 11.0. The minimum absolute atomic E-state index is 0.137. The Morgan fingerprint density at radius 1 is 1.12 bits per heavy atom. The number of nitrogens with one attached hydrogen (secondary N) is 3. The molecule has 1 aliphatic rings. The van der Waals surface area contributed by atoms with E-state index in [0.717, 1.165) is 40.6 Å². The zero-order chi connectivity index (χ0) is 17.6. The van der Waals surface area contributed by atoms with Gasteiger partial charge in [-0.25, -0.2) is 0 Å². The first-order chi connectivity index (χ1) is 12.0. The minimum Gasteiger partial charge on any atom is -0.350 e. The molecular weight excluding hydrogens is 314 g/mol. The topological polar surface area (TPSA) is 77.8 Å². The van der Waals surface area contributed by atoms with E-state index in [9.17, 15) is 9.59 Å². The second-order valence-corrected chi connectivity index (χ2v) is 6.93. The lowest BCUT2D eigenvalue weighted by atomic mass is 10.0. The number of para-hydroxylation sites is 1. The van der Waals surface area contributed by atoms with Crippen molar-refractivity contribution in [2.75, 3.05) is 0 Å². The van der Waals surface area contributed by atoms with Crippen molar-refractivity contribution >= 4 is 16.8 Å². The molecule has 2 heterocycles. The van der Waals surface area contributed by atoms with Gasteiger partial charge < -0.3 is 15.3 Å². The van der Waals surface area contributed by atoms with Gasteiger partial charge in [-0.05, 0) is 49.8 Å². The van der Waals surface area contributed by atoms with Crippen molar-refractivity contribution in [3.8, 4) is 0 Å². The third-order valence-electron chi connectivity index (χ3n) is 4.97. The minimum atomic E-state index is -0.158. The predicted octanol–water partition coefficient (Wildman–Crippen LogP) is 3.35. The molecule has 5 nitrogen and oxygen atoms in total. The molecule has 0 spiro atoms. The lowest BCUT2D eigenvalue weighted by Gasteiger charge is -2.20. The van der Waals surface area contributed by atoms with Crippen molar-refractivity contribution in [3.05, 3.63) is 69.3 Å². The second kappa shape index (κ2) is 5.92. The van der Waals surface area contributed by atoms with Crippen LogP contribution in [-0.4, -0.2) is 15.9 Å². The molecule has 1 amide bonds. The Balaban J connectivity index is 1.66. The summed E-state index contributed by atoms with van der Waals surface area (Å²) >= 11 is 0. The van der Waals surface area contributed by atoms with E-state index in [-0.39, 0.29) is 17.5 Å². The van der Waals surface area contributed by atoms with Gasteiger partial charge in [-0.1, -0.05) is 24.3 Å². The van der Waals surface area contributed by atoms with E-state index >= 15 is 0 Å². The molecular formula is C20H21N3O2. The predicted molar refractivity (Wildman–Crippen MR) is 97.8 cm³/mol. The van der Waals surface area contributed by atoms with E-state index in [4.69, 9.17) is 0 Å². The molecule has 1 saturated carbocycles. The maximum absolute atomic E-state index is 12.8. The number of benzene rings is 1. The third kappa shape index (κ3) is 2.97. The second-order valence-electron chi connectivity index (χ2n) is 6.93. The van der Waals surface area contributed by atoms with E-state index in [0.29, 0.717) is 11.6 Å². The monoisotopic (exact) mass is 335 g/mol. The quantitative estimate of drug-likeness (QED) is 0.684. The van der Waals surface area contributed by atoms with Crippen molar-refractivity contribution in [2.24, 2.45) is 5.92 Å². The van der Waals surface area contributed by atoms with E-state index < -0.39 is 0 Å². The Hall–Kier alpha value is -2.82. The first-order valence-corrected chi connectivity index (χ1v) is 8.62. The summed E-state index contributed by atoms with van der Waals surface area (Å²) in [6.45, 7) is 3.98. The van der Waals surface area contributed by atoms with Gasteiger partial charge in [0.1, 0.15) is 5.69 Å². The van der Waals surface area contributed by atoms with Gasteiger partial charge in [0, 0.05) is 22.7 Å². The van der Waals surface area contributed by atoms with Crippen LogP contribution in [0, 0.1) is 19.8 Å². The standard InChI is InChI=1S/C20H21N3O2/c1-11-4-3-5-14-10-15(21-17(11)14)20(25)23-19(13-7-8-13)18-12(2)6-9-16(24)22-18/h3-6,9-10,13,19,21H,7-8H2,1-2H3,(H,22,24)(H,23,25). The molecule has 0 aliphatic heterocycles. The van der Waals surface area contributed by atoms with E-state index in [1.54, 1.807) is 0 Å². The van der Waals surface area contributed by atoms with Crippen LogP contribution in [0.15, 0.2) is 41.2 Å². The Morgan fingerprint density at radius 2 is 1.92 bits per heavy atom. The lowest BCUT2D eigenvalue weighted by molar-refractivity contribution is 0.0926. The van der Waals surface area contributed by atoms with Crippen LogP contribution in [0.3, 0.4) is 0 Å². The Bertz CT molecular complexity index is 1010. The highest BCUT2D eigenvalue weighted by Gasteiger charge is 2.35. The number of fused-ring (bicyclic) bond motifs is 1. The zero-order valence-electron chi connectivity index (χ0n) is 14.3. The van der Waals surface area contributed by atoms with Crippen molar-refractivity contribution in [2.45, 2.75) is 32.7 Å². The van der Waals surface area contributed by atoms with Crippen molar-refractivity contribution in [1.29, 1.82) is 0 Å². The fraction of sp³-hybridized carbons (Fsp3) is 0.300. The molecule has 1 atom stereocenters. The van der Waals surface area contributed by atoms with Crippen LogP contribution in [0.4, 0.5) is 0 Å². The molecule has 0 saturated heterocycles. The molecule has 4 rings (SSSR count). The average Bonchev–Trinajstić information content (AvgIpc) is 3.33. The number of hydrogen-bond donors (Lipinski definition) is 3.